The van der Waals surface area contributed by atoms with Crippen LogP contribution in [0.25, 0.3) is 11.4 Å². The summed E-state index contributed by atoms with van der Waals surface area (Å²) in [6.07, 6.45) is 0.226. The average Bonchev–Trinajstić information content (AvgIpc) is 3.29. The van der Waals surface area contributed by atoms with Gasteiger partial charge in [0.15, 0.2) is 6.10 Å². The summed E-state index contributed by atoms with van der Waals surface area (Å²) >= 11 is 0. The van der Waals surface area contributed by atoms with Crippen LogP contribution in [-0.4, -0.2) is 53.2 Å². The van der Waals surface area contributed by atoms with Crippen LogP contribution in [0.5, 0.6) is 5.75 Å². The van der Waals surface area contributed by atoms with Crippen molar-refractivity contribution in [2.24, 2.45) is 0 Å². The molecule has 0 spiro atoms. The number of para-hydroxylation sites is 1. The van der Waals surface area contributed by atoms with Gasteiger partial charge in [-0.15, -0.1) is 0 Å². The second-order valence-corrected chi connectivity index (χ2v) is 7.30. The van der Waals surface area contributed by atoms with E-state index >= 15 is 0 Å². The third-order valence-electron chi connectivity index (χ3n) is 5.26. The molecule has 1 amide bonds. The van der Waals surface area contributed by atoms with Crippen LogP contribution >= 0.6 is 0 Å². The number of nitrogens with zero attached hydrogens (tertiary/aromatic N) is 4. The van der Waals surface area contributed by atoms with Crippen molar-refractivity contribution >= 4 is 11.6 Å². The van der Waals surface area contributed by atoms with Gasteiger partial charge in [-0.3, -0.25) is 4.79 Å². The van der Waals surface area contributed by atoms with E-state index in [1.165, 1.54) is 0 Å². The molecule has 0 saturated carbocycles. The lowest BCUT2D eigenvalue weighted by Gasteiger charge is -2.37. The Morgan fingerprint density at radius 2 is 1.77 bits per heavy atom. The average molecular weight is 406 g/mol. The number of anilines is 1. The molecule has 1 saturated heterocycles. The summed E-state index contributed by atoms with van der Waals surface area (Å²) in [6, 6.07) is 17.6. The van der Waals surface area contributed by atoms with Crippen molar-refractivity contribution in [1.82, 2.24) is 15.0 Å². The van der Waals surface area contributed by atoms with Gasteiger partial charge in [-0.05, 0) is 43.3 Å². The van der Waals surface area contributed by atoms with E-state index in [4.69, 9.17) is 9.26 Å². The highest BCUT2D eigenvalue weighted by molar-refractivity contribution is 5.81. The maximum atomic E-state index is 12.7. The Balaban J connectivity index is 1.32. The zero-order valence-corrected chi connectivity index (χ0v) is 17.3. The van der Waals surface area contributed by atoms with E-state index in [1.807, 2.05) is 61.2 Å². The summed E-state index contributed by atoms with van der Waals surface area (Å²) in [6.45, 7) is 6.71. The molecule has 4 rings (SSSR count). The van der Waals surface area contributed by atoms with Crippen LogP contribution < -0.4 is 9.64 Å². The lowest BCUT2D eigenvalue weighted by Crippen LogP contribution is -2.52. The fourth-order valence-corrected chi connectivity index (χ4v) is 3.53. The zero-order chi connectivity index (χ0) is 20.9. The van der Waals surface area contributed by atoms with Crippen LogP contribution in [0.1, 0.15) is 19.7 Å². The maximum absolute atomic E-state index is 12.7. The number of rotatable bonds is 6. The molecule has 30 heavy (non-hydrogen) atoms. The molecule has 1 atom stereocenters. The normalized spacial score (nSPS) is 15.1. The van der Waals surface area contributed by atoms with E-state index in [9.17, 15) is 4.79 Å². The number of amides is 1. The largest absolute Gasteiger partial charge is 0.481 e. The first-order chi connectivity index (χ1) is 14.6. The lowest BCUT2D eigenvalue weighted by atomic mass is 10.1. The van der Waals surface area contributed by atoms with Gasteiger partial charge in [0.05, 0.1) is 0 Å². The SMILES string of the molecule is CCc1nc(-c2ccc(N3CCN(C(=O)[C@@H](C)Oc4ccccc4)CC3)cc2)no1. The lowest BCUT2D eigenvalue weighted by molar-refractivity contribution is -0.138. The van der Waals surface area contributed by atoms with Gasteiger partial charge in [-0.1, -0.05) is 30.3 Å². The predicted molar refractivity (Wildman–Crippen MR) is 114 cm³/mol. The fraction of sp³-hybridized carbons (Fsp3) is 0.348. The Labute approximate surface area is 176 Å². The van der Waals surface area contributed by atoms with Gasteiger partial charge < -0.3 is 19.1 Å². The van der Waals surface area contributed by atoms with Crippen molar-refractivity contribution in [3.05, 3.63) is 60.5 Å². The van der Waals surface area contributed by atoms with E-state index < -0.39 is 6.10 Å². The molecule has 1 aliphatic rings. The van der Waals surface area contributed by atoms with Gasteiger partial charge in [0.1, 0.15) is 5.75 Å². The molecule has 7 heteroatoms. The highest BCUT2D eigenvalue weighted by atomic mass is 16.5. The molecular weight excluding hydrogens is 380 g/mol. The molecule has 0 aliphatic carbocycles. The number of aryl methyl sites for hydroxylation is 1. The number of benzene rings is 2. The van der Waals surface area contributed by atoms with E-state index in [2.05, 4.69) is 27.2 Å². The Morgan fingerprint density at radius 3 is 2.40 bits per heavy atom. The molecule has 3 aromatic rings. The van der Waals surface area contributed by atoms with Gasteiger partial charge >= 0.3 is 0 Å². The Kier molecular flexibility index (Phi) is 5.97. The molecule has 0 bridgehead atoms. The summed E-state index contributed by atoms with van der Waals surface area (Å²) in [7, 11) is 0. The molecule has 2 heterocycles. The van der Waals surface area contributed by atoms with Gasteiger partial charge in [0, 0.05) is 43.9 Å². The fourth-order valence-electron chi connectivity index (χ4n) is 3.53. The van der Waals surface area contributed by atoms with Crippen LogP contribution in [0.2, 0.25) is 0 Å². The molecule has 7 nitrogen and oxygen atoms in total. The summed E-state index contributed by atoms with van der Waals surface area (Å²) < 4.78 is 11.0. The summed E-state index contributed by atoms with van der Waals surface area (Å²) in [4.78, 5) is 21.3. The van der Waals surface area contributed by atoms with Crippen molar-refractivity contribution in [3.63, 3.8) is 0 Å². The minimum absolute atomic E-state index is 0.0256. The highest BCUT2D eigenvalue weighted by Gasteiger charge is 2.26. The third-order valence-corrected chi connectivity index (χ3v) is 5.26. The smallest absolute Gasteiger partial charge is 0.263 e. The number of carbonyl (C=O) groups is 1. The topological polar surface area (TPSA) is 71.7 Å². The highest BCUT2D eigenvalue weighted by Crippen LogP contribution is 2.23. The van der Waals surface area contributed by atoms with E-state index in [-0.39, 0.29) is 5.91 Å². The molecule has 1 fully saturated rings. The van der Waals surface area contributed by atoms with Crippen molar-refractivity contribution < 1.29 is 14.1 Å². The number of hydrogen-bond donors (Lipinski definition) is 0. The van der Waals surface area contributed by atoms with E-state index in [1.54, 1.807) is 0 Å². The molecule has 156 valence electrons. The van der Waals surface area contributed by atoms with Crippen molar-refractivity contribution in [2.45, 2.75) is 26.4 Å². The first-order valence-corrected chi connectivity index (χ1v) is 10.3. The standard InChI is InChI=1S/C23H26N4O3/c1-3-21-24-22(25-30-21)18-9-11-19(12-10-18)26-13-15-27(16-14-26)23(28)17(2)29-20-7-5-4-6-8-20/h4-12,17H,3,13-16H2,1-2H3/t17-/m1/s1. The van der Waals surface area contributed by atoms with Crippen LogP contribution in [0, 0.1) is 0 Å². The van der Waals surface area contributed by atoms with Gasteiger partial charge in [-0.2, -0.15) is 4.98 Å². The van der Waals surface area contributed by atoms with Crippen molar-refractivity contribution in [3.8, 4) is 17.1 Å². The number of aromatic nitrogens is 2. The summed E-state index contributed by atoms with van der Waals surface area (Å²) in [5.41, 5.74) is 2.06. The minimum atomic E-state index is -0.499. The minimum Gasteiger partial charge on any atom is -0.481 e. The first-order valence-electron chi connectivity index (χ1n) is 10.3. The van der Waals surface area contributed by atoms with Crippen LogP contribution in [-0.2, 0) is 11.2 Å². The summed E-state index contributed by atoms with van der Waals surface area (Å²) in [5.74, 6) is 1.99. The Hall–Kier alpha value is -3.35. The van der Waals surface area contributed by atoms with E-state index in [0.717, 1.165) is 30.8 Å². The van der Waals surface area contributed by atoms with Crippen LogP contribution in [0.3, 0.4) is 0 Å². The second kappa shape index (κ2) is 8.98. The second-order valence-electron chi connectivity index (χ2n) is 7.30. The molecule has 1 aromatic heterocycles. The first kappa shape index (κ1) is 19.9. The number of piperazine rings is 1. The van der Waals surface area contributed by atoms with Crippen molar-refractivity contribution in [1.29, 1.82) is 0 Å². The monoisotopic (exact) mass is 406 g/mol. The molecule has 1 aliphatic heterocycles. The van der Waals surface area contributed by atoms with Crippen LogP contribution in [0.4, 0.5) is 5.69 Å². The predicted octanol–water partition coefficient (Wildman–Crippen LogP) is 3.42. The molecular formula is C23H26N4O3. The van der Waals surface area contributed by atoms with Gasteiger partial charge in [-0.25, -0.2) is 0 Å². The summed E-state index contributed by atoms with van der Waals surface area (Å²) in [5, 5.41) is 4.02. The van der Waals surface area contributed by atoms with Gasteiger partial charge in [0.2, 0.25) is 11.7 Å². The molecule has 0 unspecified atom stereocenters. The van der Waals surface area contributed by atoms with Crippen molar-refractivity contribution in [2.75, 3.05) is 31.1 Å². The molecule has 0 N–H and O–H groups in total. The molecule has 0 radical (unpaired) electrons. The third kappa shape index (κ3) is 4.45. The molecule has 2 aromatic carbocycles. The zero-order valence-electron chi connectivity index (χ0n) is 17.3. The number of carbonyl (C=O) groups excluding carboxylic acids is 1. The van der Waals surface area contributed by atoms with Crippen LogP contribution in [0.15, 0.2) is 59.1 Å². The maximum Gasteiger partial charge on any atom is 0.263 e. The number of ether oxygens (including phenoxy) is 1. The Morgan fingerprint density at radius 1 is 1.07 bits per heavy atom. The van der Waals surface area contributed by atoms with E-state index in [0.29, 0.717) is 30.6 Å². The van der Waals surface area contributed by atoms with Gasteiger partial charge in [0.25, 0.3) is 5.91 Å². The Bertz CT molecular complexity index is 964. The number of hydrogen-bond acceptors (Lipinski definition) is 6. The quantitative estimate of drug-likeness (QED) is 0.625.